The van der Waals surface area contributed by atoms with E-state index in [4.69, 9.17) is 19.7 Å². The molecule has 0 heterocycles. The van der Waals surface area contributed by atoms with Gasteiger partial charge in [0.1, 0.15) is 0 Å². The molecular formula is C7H14O5. The Morgan fingerprint density at radius 2 is 1.75 bits per heavy atom. The average molecular weight is 178 g/mol. The summed E-state index contributed by atoms with van der Waals surface area (Å²) in [5.41, 5.74) is 0. The molecular weight excluding hydrogens is 164 g/mol. The molecule has 0 aliphatic heterocycles. The molecule has 72 valence electrons. The largest absolute Gasteiger partial charge is 0.481 e. The summed E-state index contributed by atoms with van der Waals surface area (Å²) in [5, 5.41) is 15.5. The number of hydrogen-bond acceptors (Lipinski definition) is 3. The third-order valence-electron chi connectivity index (χ3n) is 0.664. The van der Waals surface area contributed by atoms with Crippen LogP contribution in [0.3, 0.4) is 0 Å². The predicted octanol–water partition coefficient (Wildman–Crippen LogP) is 0.588. The van der Waals surface area contributed by atoms with E-state index in [9.17, 15) is 4.79 Å². The van der Waals surface area contributed by atoms with Crippen LogP contribution in [-0.4, -0.2) is 35.4 Å². The fourth-order valence-corrected chi connectivity index (χ4v) is 0.304. The van der Waals surface area contributed by atoms with Crippen molar-refractivity contribution in [3.8, 4) is 0 Å². The maximum Gasteiger partial charge on any atom is 0.305 e. The van der Waals surface area contributed by atoms with Crippen molar-refractivity contribution < 1.29 is 24.5 Å². The Labute approximate surface area is 71.0 Å². The maximum absolute atomic E-state index is 9.79. The monoisotopic (exact) mass is 178 g/mol. The van der Waals surface area contributed by atoms with Crippen molar-refractivity contribution in [3.63, 3.8) is 0 Å². The minimum Gasteiger partial charge on any atom is -0.481 e. The van der Waals surface area contributed by atoms with Crippen molar-refractivity contribution >= 4 is 11.9 Å². The molecule has 5 heteroatoms. The van der Waals surface area contributed by atoms with Gasteiger partial charge in [-0.25, -0.2) is 0 Å². The molecule has 0 fully saturated rings. The van der Waals surface area contributed by atoms with Gasteiger partial charge in [-0.2, -0.15) is 0 Å². The molecule has 2 N–H and O–H groups in total. The van der Waals surface area contributed by atoms with Gasteiger partial charge >= 0.3 is 5.97 Å². The van der Waals surface area contributed by atoms with Crippen LogP contribution in [0.1, 0.15) is 20.3 Å². The molecule has 0 aliphatic rings. The van der Waals surface area contributed by atoms with E-state index in [1.54, 1.807) is 0 Å². The number of carboxylic acid groups (broad SMARTS) is 2. The molecule has 0 amide bonds. The van der Waals surface area contributed by atoms with E-state index in [0.717, 1.165) is 6.92 Å². The zero-order chi connectivity index (χ0) is 9.98. The normalized spacial score (nSPS) is 8.17. The number of aliphatic carboxylic acids is 2. The minimum atomic E-state index is -0.833. The summed E-state index contributed by atoms with van der Waals surface area (Å²) in [6.45, 7) is 3.83. The van der Waals surface area contributed by atoms with Crippen LogP contribution in [0.25, 0.3) is 0 Å². The molecule has 0 radical (unpaired) electrons. The van der Waals surface area contributed by atoms with Crippen LogP contribution in [0.2, 0.25) is 0 Å². The zero-order valence-electron chi connectivity index (χ0n) is 7.24. The molecule has 5 nitrogen and oxygen atoms in total. The molecule has 0 aliphatic carbocycles. The first kappa shape index (κ1) is 13.5. The van der Waals surface area contributed by atoms with E-state index in [1.165, 1.54) is 0 Å². The molecule has 0 spiro atoms. The van der Waals surface area contributed by atoms with Gasteiger partial charge in [-0.15, -0.1) is 0 Å². The minimum absolute atomic E-state index is 0.105. The average Bonchev–Trinajstić information content (AvgIpc) is 1.86. The number of hydrogen-bond donors (Lipinski definition) is 2. The van der Waals surface area contributed by atoms with Gasteiger partial charge < -0.3 is 14.9 Å². The molecule has 0 atom stereocenters. The topological polar surface area (TPSA) is 83.8 Å². The summed E-state index contributed by atoms with van der Waals surface area (Å²) in [6, 6.07) is 0. The molecule has 0 rings (SSSR count). The van der Waals surface area contributed by atoms with Crippen molar-refractivity contribution in [1.29, 1.82) is 0 Å². The molecule has 12 heavy (non-hydrogen) atoms. The number of carboxylic acids is 2. The first-order valence-corrected chi connectivity index (χ1v) is 3.49. The van der Waals surface area contributed by atoms with Crippen LogP contribution in [0.5, 0.6) is 0 Å². The van der Waals surface area contributed by atoms with Crippen molar-refractivity contribution in [2.24, 2.45) is 0 Å². The van der Waals surface area contributed by atoms with Crippen LogP contribution in [-0.2, 0) is 14.3 Å². The van der Waals surface area contributed by atoms with Gasteiger partial charge in [0.25, 0.3) is 5.97 Å². The smallest absolute Gasteiger partial charge is 0.305 e. The highest BCUT2D eigenvalue weighted by atomic mass is 16.5. The molecule has 0 bridgehead atoms. The van der Waals surface area contributed by atoms with Gasteiger partial charge in [-0.3, -0.25) is 9.59 Å². The predicted molar refractivity (Wildman–Crippen MR) is 42.1 cm³/mol. The molecule has 0 unspecified atom stereocenters. The van der Waals surface area contributed by atoms with Crippen LogP contribution >= 0.6 is 0 Å². The van der Waals surface area contributed by atoms with Crippen molar-refractivity contribution in [1.82, 2.24) is 0 Å². The molecule has 0 aromatic heterocycles. The highest BCUT2D eigenvalue weighted by Crippen LogP contribution is 1.80. The fraction of sp³-hybridized carbons (Fsp3) is 0.714. The fourth-order valence-electron chi connectivity index (χ4n) is 0.304. The van der Waals surface area contributed by atoms with Gasteiger partial charge in [0.2, 0.25) is 0 Å². The molecule has 0 saturated carbocycles. The molecule has 0 aromatic rings. The van der Waals surface area contributed by atoms with Gasteiger partial charge in [-0.1, -0.05) is 0 Å². The summed E-state index contributed by atoms with van der Waals surface area (Å²) >= 11 is 0. The standard InChI is InChI=1S/C5H10O3.C2H4O2/c1-2-8-4-3-5(6)7;1-2(3)4/h2-4H2,1H3,(H,6,7);1H3,(H,3,4). The van der Waals surface area contributed by atoms with Crippen LogP contribution in [0, 0.1) is 0 Å². The lowest BCUT2D eigenvalue weighted by Crippen LogP contribution is -2.01. The first-order chi connectivity index (χ1) is 5.50. The summed E-state index contributed by atoms with van der Waals surface area (Å²) in [7, 11) is 0. The number of rotatable bonds is 4. The van der Waals surface area contributed by atoms with Crippen LogP contribution < -0.4 is 0 Å². The highest BCUT2D eigenvalue weighted by Gasteiger charge is 1.92. The van der Waals surface area contributed by atoms with E-state index in [2.05, 4.69) is 0 Å². The second-order valence-electron chi connectivity index (χ2n) is 1.86. The van der Waals surface area contributed by atoms with Gasteiger partial charge in [0.15, 0.2) is 0 Å². The van der Waals surface area contributed by atoms with E-state index < -0.39 is 11.9 Å². The Hall–Kier alpha value is -1.10. The second kappa shape index (κ2) is 9.90. The SMILES string of the molecule is CC(=O)O.CCOCCC(=O)O. The Morgan fingerprint density at radius 1 is 1.33 bits per heavy atom. The summed E-state index contributed by atoms with van der Waals surface area (Å²) in [5.74, 6) is -1.64. The van der Waals surface area contributed by atoms with Gasteiger partial charge in [0, 0.05) is 13.5 Å². The third kappa shape index (κ3) is 36.5. The van der Waals surface area contributed by atoms with Crippen LogP contribution in [0.15, 0.2) is 0 Å². The first-order valence-electron chi connectivity index (χ1n) is 3.49. The van der Waals surface area contributed by atoms with E-state index >= 15 is 0 Å². The van der Waals surface area contributed by atoms with E-state index in [-0.39, 0.29) is 6.42 Å². The van der Waals surface area contributed by atoms with Gasteiger partial charge in [0.05, 0.1) is 13.0 Å². The lowest BCUT2D eigenvalue weighted by atomic mass is 10.5. The Morgan fingerprint density at radius 3 is 2.00 bits per heavy atom. The maximum atomic E-state index is 9.79. The summed E-state index contributed by atoms with van der Waals surface area (Å²) in [4.78, 5) is 18.8. The van der Waals surface area contributed by atoms with Crippen molar-refractivity contribution in [2.45, 2.75) is 20.3 Å². The number of carbonyl (C=O) groups is 2. The Balaban J connectivity index is 0. The summed E-state index contributed by atoms with van der Waals surface area (Å²) < 4.78 is 4.76. The van der Waals surface area contributed by atoms with E-state index in [1.807, 2.05) is 6.92 Å². The second-order valence-corrected chi connectivity index (χ2v) is 1.86. The Bertz CT molecular complexity index is 128. The van der Waals surface area contributed by atoms with Crippen molar-refractivity contribution in [2.75, 3.05) is 13.2 Å². The molecule has 0 aromatic carbocycles. The van der Waals surface area contributed by atoms with Gasteiger partial charge in [-0.05, 0) is 6.92 Å². The lowest BCUT2D eigenvalue weighted by Gasteiger charge is -1.93. The third-order valence-corrected chi connectivity index (χ3v) is 0.664. The molecule has 0 saturated heterocycles. The zero-order valence-corrected chi connectivity index (χ0v) is 7.24. The van der Waals surface area contributed by atoms with E-state index in [0.29, 0.717) is 13.2 Å². The van der Waals surface area contributed by atoms with Crippen molar-refractivity contribution in [3.05, 3.63) is 0 Å². The number of ether oxygens (including phenoxy) is 1. The summed E-state index contributed by atoms with van der Waals surface area (Å²) in [6.07, 6.45) is 0.105. The highest BCUT2D eigenvalue weighted by molar-refractivity contribution is 5.66. The lowest BCUT2D eigenvalue weighted by molar-refractivity contribution is -0.138. The van der Waals surface area contributed by atoms with Crippen LogP contribution in [0.4, 0.5) is 0 Å². The Kier molecular flexibility index (Phi) is 11.1. The quantitative estimate of drug-likeness (QED) is 0.615.